The van der Waals surface area contributed by atoms with E-state index >= 15 is 0 Å². The molecule has 0 N–H and O–H groups in total. The monoisotopic (exact) mass is 406 g/mol. The molecule has 7 heteroatoms. The summed E-state index contributed by atoms with van der Waals surface area (Å²) in [4.78, 5) is 26.5. The minimum Gasteiger partial charge on any atom is -0.497 e. The summed E-state index contributed by atoms with van der Waals surface area (Å²) in [5, 5.41) is 3.96. The van der Waals surface area contributed by atoms with Gasteiger partial charge in [-0.2, -0.15) is 0 Å². The van der Waals surface area contributed by atoms with Gasteiger partial charge >= 0.3 is 5.97 Å². The number of carbonyl (C=O) groups is 2. The fourth-order valence-electron chi connectivity index (χ4n) is 3.47. The van der Waals surface area contributed by atoms with Gasteiger partial charge in [-0.05, 0) is 36.8 Å². The zero-order valence-electron chi connectivity index (χ0n) is 16.8. The Bertz CT molecular complexity index is 1070. The number of methoxy groups -OCH3 is 1. The molecule has 1 aliphatic heterocycles. The second-order valence-electron chi connectivity index (χ2n) is 7.27. The average molecular weight is 406 g/mol. The predicted octanol–water partition coefficient (Wildman–Crippen LogP) is 3.75. The predicted molar refractivity (Wildman–Crippen MR) is 110 cm³/mol. The zero-order chi connectivity index (χ0) is 21.1. The molecule has 4 rings (SSSR count). The van der Waals surface area contributed by atoms with Crippen LogP contribution in [0.4, 0.5) is 5.69 Å². The largest absolute Gasteiger partial charge is 0.497 e. The molecule has 2 aromatic carbocycles. The summed E-state index contributed by atoms with van der Waals surface area (Å²) in [5.41, 5.74) is 3.18. The molecule has 1 unspecified atom stereocenters. The smallest absolute Gasteiger partial charge is 0.311 e. The molecule has 7 nitrogen and oxygen atoms in total. The van der Waals surface area contributed by atoms with Gasteiger partial charge in [-0.1, -0.05) is 29.4 Å². The van der Waals surface area contributed by atoms with Crippen LogP contribution in [0.3, 0.4) is 0 Å². The number of aromatic nitrogens is 1. The number of esters is 1. The number of rotatable bonds is 6. The van der Waals surface area contributed by atoms with E-state index < -0.39 is 11.9 Å². The lowest BCUT2D eigenvalue weighted by Gasteiger charge is -2.17. The van der Waals surface area contributed by atoms with Crippen LogP contribution >= 0.6 is 0 Å². The fourth-order valence-corrected chi connectivity index (χ4v) is 3.47. The molecule has 0 spiro atoms. The van der Waals surface area contributed by atoms with E-state index in [9.17, 15) is 9.59 Å². The molecule has 1 aromatic heterocycles. The van der Waals surface area contributed by atoms with Crippen LogP contribution < -0.4 is 9.64 Å². The molecule has 1 aliphatic rings. The summed E-state index contributed by atoms with van der Waals surface area (Å²) in [5.74, 6) is 0.277. The SMILES string of the molecule is COc1cccc(-c2cc(COC(=O)C3CC(=O)N(c4cccc(C)c4)C3)no2)c1. The third-order valence-electron chi connectivity index (χ3n) is 5.05. The van der Waals surface area contributed by atoms with Crippen LogP contribution in [0.2, 0.25) is 0 Å². The first kappa shape index (κ1) is 19.7. The second-order valence-corrected chi connectivity index (χ2v) is 7.27. The molecule has 1 atom stereocenters. The number of anilines is 1. The van der Waals surface area contributed by atoms with E-state index in [4.69, 9.17) is 14.0 Å². The van der Waals surface area contributed by atoms with Crippen LogP contribution in [-0.2, 0) is 20.9 Å². The van der Waals surface area contributed by atoms with Gasteiger partial charge in [0.15, 0.2) is 5.76 Å². The first-order valence-corrected chi connectivity index (χ1v) is 9.67. The normalized spacial score (nSPS) is 16.0. The Balaban J connectivity index is 1.36. The summed E-state index contributed by atoms with van der Waals surface area (Å²) in [7, 11) is 1.60. The van der Waals surface area contributed by atoms with Crippen LogP contribution in [0.1, 0.15) is 17.7 Å². The molecule has 1 amide bonds. The van der Waals surface area contributed by atoms with Crippen molar-refractivity contribution in [2.45, 2.75) is 20.0 Å². The van der Waals surface area contributed by atoms with Crippen molar-refractivity contribution in [2.24, 2.45) is 5.92 Å². The Hall–Kier alpha value is -3.61. The van der Waals surface area contributed by atoms with E-state index in [1.54, 1.807) is 18.1 Å². The van der Waals surface area contributed by atoms with Gasteiger partial charge in [0.05, 0.1) is 13.0 Å². The maximum absolute atomic E-state index is 12.5. The summed E-state index contributed by atoms with van der Waals surface area (Å²) >= 11 is 0. The van der Waals surface area contributed by atoms with Crippen molar-refractivity contribution in [2.75, 3.05) is 18.6 Å². The van der Waals surface area contributed by atoms with Crippen LogP contribution in [0.25, 0.3) is 11.3 Å². The van der Waals surface area contributed by atoms with Gasteiger partial charge in [0.25, 0.3) is 0 Å². The molecule has 154 valence electrons. The van der Waals surface area contributed by atoms with Gasteiger partial charge in [0.1, 0.15) is 18.1 Å². The molecule has 30 heavy (non-hydrogen) atoms. The highest BCUT2D eigenvalue weighted by Crippen LogP contribution is 2.27. The Morgan fingerprint density at radius 3 is 2.83 bits per heavy atom. The highest BCUT2D eigenvalue weighted by Gasteiger charge is 2.36. The standard InChI is InChI=1S/C23H22N2O5/c1-15-5-3-7-19(9-15)25-13-17(11-22(25)26)23(27)29-14-18-12-21(30-24-18)16-6-4-8-20(10-16)28-2/h3-10,12,17H,11,13-14H2,1-2H3. The summed E-state index contributed by atoms with van der Waals surface area (Å²) in [6, 6.07) is 16.8. The Morgan fingerprint density at radius 2 is 2.03 bits per heavy atom. The molecule has 0 saturated carbocycles. The van der Waals surface area contributed by atoms with Crippen molar-refractivity contribution in [1.29, 1.82) is 0 Å². The topological polar surface area (TPSA) is 81.9 Å². The summed E-state index contributed by atoms with van der Waals surface area (Å²) in [6.45, 7) is 2.27. The lowest BCUT2D eigenvalue weighted by atomic mass is 10.1. The van der Waals surface area contributed by atoms with Crippen molar-refractivity contribution in [1.82, 2.24) is 5.16 Å². The highest BCUT2D eigenvalue weighted by molar-refractivity contribution is 5.99. The number of ether oxygens (including phenoxy) is 2. The van der Waals surface area contributed by atoms with E-state index in [1.165, 1.54) is 0 Å². The molecule has 0 radical (unpaired) electrons. The van der Waals surface area contributed by atoms with Crippen molar-refractivity contribution >= 4 is 17.6 Å². The average Bonchev–Trinajstić information content (AvgIpc) is 3.39. The van der Waals surface area contributed by atoms with Gasteiger partial charge in [-0.3, -0.25) is 9.59 Å². The molecule has 1 fully saturated rings. The number of benzene rings is 2. The van der Waals surface area contributed by atoms with Crippen molar-refractivity contribution in [3.63, 3.8) is 0 Å². The highest BCUT2D eigenvalue weighted by atomic mass is 16.5. The lowest BCUT2D eigenvalue weighted by Crippen LogP contribution is -2.26. The second kappa shape index (κ2) is 8.41. The van der Waals surface area contributed by atoms with E-state index in [-0.39, 0.29) is 18.9 Å². The summed E-state index contributed by atoms with van der Waals surface area (Å²) < 4.78 is 16.0. The minimum atomic E-state index is -0.497. The number of amides is 1. The minimum absolute atomic E-state index is 0.0125. The maximum atomic E-state index is 12.5. The van der Waals surface area contributed by atoms with Gasteiger partial charge < -0.3 is 18.9 Å². The van der Waals surface area contributed by atoms with E-state index in [1.807, 2.05) is 55.5 Å². The van der Waals surface area contributed by atoms with Crippen LogP contribution in [0, 0.1) is 12.8 Å². The summed E-state index contributed by atoms with van der Waals surface area (Å²) in [6.07, 6.45) is 0.140. The number of carbonyl (C=O) groups excluding carboxylic acids is 2. The van der Waals surface area contributed by atoms with E-state index in [2.05, 4.69) is 5.16 Å². The van der Waals surface area contributed by atoms with Crippen molar-refractivity contribution in [3.05, 3.63) is 65.9 Å². The Morgan fingerprint density at radius 1 is 1.20 bits per heavy atom. The zero-order valence-corrected chi connectivity index (χ0v) is 16.8. The number of nitrogens with zero attached hydrogens (tertiary/aromatic N) is 2. The first-order chi connectivity index (χ1) is 14.5. The molecule has 0 bridgehead atoms. The van der Waals surface area contributed by atoms with E-state index in [0.717, 1.165) is 16.8 Å². The van der Waals surface area contributed by atoms with E-state index in [0.29, 0.717) is 23.7 Å². The Kier molecular flexibility index (Phi) is 5.52. The molecular formula is C23H22N2O5. The van der Waals surface area contributed by atoms with Gasteiger partial charge in [-0.25, -0.2) is 0 Å². The quantitative estimate of drug-likeness (QED) is 0.580. The third-order valence-corrected chi connectivity index (χ3v) is 5.05. The number of hydrogen-bond acceptors (Lipinski definition) is 6. The van der Waals surface area contributed by atoms with Gasteiger partial charge in [0, 0.05) is 30.3 Å². The van der Waals surface area contributed by atoms with Crippen LogP contribution in [0.5, 0.6) is 5.75 Å². The molecule has 0 aliphatic carbocycles. The van der Waals surface area contributed by atoms with Gasteiger partial charge in [-0.15, -0.1) is 0 Å². The maximum Gasteiger partial charge on any atom is 0.311 e. The lowest BCUT2D eigenvalue weighted by molar-refractivity contribution is -0.149. The molecule has 3 aromatic rings. The molecule has 1 saturated heterocycles. The first-order valence-electron chi connectivity index (χ1n) is 9.67. The van der Waals surface area contributed by atoms with Crippen molar-refractivity contribution < 1.29 is 23.6 Å². The fraction of sp³-hybridized carbons (Fsp3) is 0.261. The number of aryl methyl sites for hydroxylation is 1. The van der Waals surface area contributed by atoms with Crippen LogP contribution in [0.15, 0.2) is 59.1 Å². The van der Waals surface area contributed by atoms with Crippen LogP contribution in [-0.4, -0.2) is 30.7 Å². The Labute approximate surface area is 174 Å². The van der Waals surface area contributed by atoms with Gasteiger partial charge in [0.2, 0.25) is 5.91 Å². The van der Waals surface area contributed by atoms with Crippen molar-refractivity contribution in [3.8, 4) is 17.1 Å². The third kappa shape index (κ3) is 4.20. The number of hydrogen-bond donors (Lipinski definition) is 0. The molecule has 2 heterocycles. The molecular weight excluding hydrogens is 384 g/mol.